The zero-order valence-electron chi connectivity index (χ0n) is 12.2. The standard InChI is InChI=1S/C16H21N3OS/c1-4-14-16(17-6-1)19(10-12-5-8-21-11-12)15(18-14)9-13-3-2-7-20-13/h1,4,6,12-13H,2-3,5,7-11H2. The minimum atomic E-state index is 0.346. The van der Waals surface area contributed by atoms with Gasteiger partial charge < -0.3 is 9.30 Å². The fourth-order valence-electron chi connectivity index (χ4n) is 3.35. The molecule has 21 heavy (non-hydrogen) atoms. The van der Waals surface area contributed by atoms with Crippen LogP contribution in [0.4, 0.5) is 0 Å². The van der Waals surface area contributed by atoms with Crippen molar-refractivity contribution in [2.45, 2.75) is 38.3 Å². The molecule has 0 aliphatic carbocycles. The van der Waals surface area contributed by atoms with Crippen LogP contribution in [0.5, 0.6) is 0 Å². The first-order chi connectivity index (χ1) is 10.4. The third kappa shape index (κ3) is 2.81. The summed E-state index contributed by atoms with van der Waals surface area (Å²) in [6, 6.07) is 4.04. The van der Waals surface area contributed by atoms with Crippen molar-refractivity contribution in [1.82, 2.24) is 14.5 Å². The van der Waals surface area contributed by atoms with Crippen LogP contribution < -0.4 is 0 Å². The van der Waals surface area contributed by atoms with Gasteiger partial charge in [-0.2, -0.15) is 11.8 Å². The molecule has 2 atom stereocenters. The van der Waals surface area contributed by atoms with Crippen LogP contribution in [0, 0.1) is 5.92 Å². The number of aromatic nitrogens is 3. The number of hydrogen-bond acceptors (Lipinski definition) is 4. The van der Waals surface area contributed by atoms with E-state index in [9.17, 15) is 0 Å². The molecule has 0 amide bonds. The van der Waals surface area contributed by atoms with E-state index in [0.717, 1.165) is 48.9 Å². The van der Waals surface area contributed by atoms with Gasteiger partial charge in [0.2, 0.25) is 0 Å². The molecule has 4 rings (SSSR count). The van der Waals surface area contributed by atoms with E-state index in [0.29, 0.717) is 6.10 Å². The first-order valence-corrected chi connectivity index (χ1v) is 9.05. The van der Waals surface area contributed by atoms with Crippen LogP contribution >= 0.6 is 11.8 Å². The molecule has 2 aromatic heterocycles. The van der Waals surface area contributed by atoms with Crippen LogP contribution in [0.1, 0.15) is 25.1 Å². The monoisotopic (exact) mass is 303 g/mol. The Morgan fingerprint density at radius 3 is 3.19 bits per heavy atom. The maximum Gasteiger partial charge on any atom is 0.159 e. The van der Waals surface area contributed by atoms with E-state index in [1.54, 1.807) is 0 Å². The molecular weight excluding hydrogens is 282 g/mol. The largest absolute Gasteiger partial charge is 0.378 e. The van der Waals surface area contributed by atoms with Crippen molar-refractivity contribution in [2.75, 3.05) is 18.1 Å². The molecule has 0 radical (unpaired) electrons. The van der Waals surface area contributed by atoms with Gasteiger partial charge in [0.25, 0.3) is 0 Å². The molecule has 2 fully saturated rings. The Morgan fingerprint density at radius 2 is 2.38 bits per heavy atom. The molecule has 4 heterocycles. The van der Waals surface area contributed by atoms with Gasteiger partial charge >= 0.3 is 0 Å². The molecule has 2 saturated heterocycles. The quantitative estimate of drug-likeness (QED) is 0.871. The van der Waals surface area contributed by atoms with Crippen molar-refractivity contribution in [1.29, 1.82) is 0 Å². The summed E-state index contributed by atoms with van der Waals surface area (Å²) in [7, 11) is 0. The first kappa shape index (κ1) is 13.6. The van der Waals surface area contributed by atoms with Gasteiger partial charge in [-0.25, -0.2) is 9.97 Å². The van der Waals surface area contributed by atoms with E-state index in [-0.39, 0.29) is 0 Å². The van der Waals surface area contributed by atoms with Crippen LogP contribution in [0.15, 0.2) is 18.3 Å². The minimum absolute atomic E-state index is 0.346. The lowest BCUT2D eigenvalue weighted by atomic mass is 10.1. The van der Waals surface area contributed by atoms with E-state index in [4.69, 9.17) is 9.72 Å². The summed E-state index contributed by atoms with van der Waals surface area (Å²) in [6.45, 7) is 1.96. The van der Waals surface area contributed by atoms with E-state index in [2.05, 4.69) is 27.4 Å². The highest BCUT2D eigenvalue weighted by Gasteiger charge is 2.23. The first-order valence-electron chi connectivity index (χ1n) is 7.89. The summed E-state index contributed by atoms with van der Waals surface area (Å²) in [6.07, 6.45) is 6.81. The smallest absolute Gasteiger partial charge is 0.159 e. The molecule has 5 heteroatoms. The fraction of sp³-hybridized carbons (Fsp3) is 0.625. The molecule has 2 aliphatic heterocycles. The Kier molecular flexibility index (Phi) is 3.86. The number of pyridine rings is 1. The van der Waals surface area contributed by atoms with Gasteiger partial charge in [-0.1, -0.05) is 0 Å². The molecule has 0 aromatic carbocycles. The van der Waals surface area contributed by atoms with E-state index >= 15 is 0 Å². The summed E-state index contributed by atoms with van der Waals surface area (Å²) < 4.78 is 8.15. The number of hydrogen-bond donors (Lipinski definition) is 0. The predicted molar refractivity (Wildman–Crippen MR) is 85.6 cm³/mol. The molecule has 112 valence electrons. The highest BCUT2D eigenvalue weighted by molar-refractivity contribution is 7.99. The van der Waals surface area contributed by atoms with Gasteiger partial charge in [0.1, 0.15) is 11.3 Å². The second-order valence-electron chi connectivity index (χ2n) is 6.05. The van der Waals surface area contributed by atoms with Gasteiger partial charge in [-0.05, 0) is 48.8 Å². The summed E-state index contributed by atoms with van der Waals surface area (Å²) >= 11 is 2.07. The number of rotatable bonds is 4. The van der Waals surface area contributed by atoms with Gasteiger partial charge in [-0.15, -0.1) is 0 Å². The number of nitrogens with zero attached hydrogens (tertiary/aromatic N) is 3. The minimum Gasteiger partial charge on any atom is -0.378 e. The molecule has 4 nitrogen and oxygen atoms in total. The molecule has 0 spiro atoms. The average molecular weight is 303 g/mol. The van der Waals surface area contributed by atoms with Gasteiger partial charge in [0.05, 0.1) is 6.10 Å². The van der Waals surface area contributed by atoms with E-state index < -0.39 is 0 Å². The number of fused-ring (bicyclic) bond motifs is 1. The zero-order valence-corrected chi connectivity index (χ0v) is 13.0. The van der Waals surface area contributed by atoms with Crippen molar-refractivity contribution in [2.24, 2.45) is 5.92 Å². The van der Waals surface area contributed by atoms with Gasteiger partial charge in [0, 0.05) is 25.8 Å². The molecule has 0 bridgehead atoms. The molecule has 0 saturated carbocycles. The molecule has 2 aromatic rings. The second kappa shape index (κ2) is 5.97. The molecule has 2 aliphatic rings. The van der Waals surface area contributed by atoms with E-state index in [1.165, 1.54) is 24.3 Å². The van der Waals surface area contributed by atoms with Crippen molar-refractivity contribution >= 4 is 22.9 Å². The summed E-state index contributed by atoms with van der Waals surface area (Å²) in [4.78, 5) is 9.40. The Morgan fingerprint density at radius 1 is 1.38 bits per heavy atom. The van der Waals surface area contributed by atoms with Crippen molar-refractivity contribution in [3.63, 3.8) is 0 Å². The maximum absolute atomic E-state index is 5.80. The summed E-state index contributed by atoms with van der Waals surface area (Å²) in [5, 5.41) is 0. The van der Waals surface area contributed by atoms with Crippen LogP contribution in [-0.4, -0.2) is 38.8 Å². The SMILES string of the molecule is c1cnc2c(c1)nc(CC1CCCO1)n2CC1CCSC1. The summed E-state index contributed by atoms with van der Waals surface area (Å²) in [5.74, 6) is 4.49. The van der Waals surface area contributed by atoms with Crippen molar-refractivity contribution < 1.29 is 4.74 Å². The lowest BCUT2D eigenvalue weighted by Gasteiger charge is -2.15. The Bertz CT molecular complexity index is 615. The lowest BCUT2D eigenvalue weighted by Crippen LogP contribution is -2.17. The Hall–Kier alpha value is -1.07. The third-order valence-electron chi connectivity index (χ3n) is 4.48. The van der Waals surface area contributed by atoms with E-state index in [1.807, 2.05) is 12.3 Å². The molecular formula is C16H21N3OS. The number of imidazole rings is 1. The Balaban J connectivity index is 1.65. The molecule has 0 N–H and O–H groups in total. The molecule has 2 unspecified atom stereocenters. The maximum atomic E-state index is 5.80. The normalized spacial score (nSPS) is 25.9. The lowest BCUT2D eigenvalue weighted by molar-refractivity contribution is 0.109. The topological polar surface area (TPSA) is 39.9 Å². The second-order valence-corrected chi connectivity index (χ2v) is 7.20. The summed E-state index contributed by atoms with van der Waals surface area (Å²) in [5.41, 5.74) is 2.07. The average Bonchev–Trinajstić information content (AvgIpc) is 3.23. The van der Waals surface area contributed by atoms with Gasteiger partial charge in [-0.3, -0.25) is 0 Å². The van der Waals surface area contributed by atoms with Crippen molar-refractivity contribution in [3.8, 4) is 0 Å². The van der Waals surface area contributed by atoms with Gasteiger partial charge in [0.15, 0.2) is 5.65 Å². The van der Waals surface area contributed by atoms with Crippen LogP contribution in [0.25, 0.3) is 11.2 Å². The van der Waals surface area contributed by atoms with Crippen LogP contribution in [-0.2, 0) is 17.7 Å². The van der Waals surface area contributed by atoms with Crippen LogP contribution in [0.3, 0.4) is 0 Å². The highest BCUT2D eigenvalue weighted by Crippen LogP contribution is 2.27. The highest BCUT2D eigenvalue weighted by atomic mass is 32.2. The fourth-order valence-corrected chi connectivity index (χ4v) is 4.62. The Labute approximate surface area is 129 Å². The van der Waals surface area contributed by atoms with Crippen LogP contribution in [0.2, 0.25) is 0 Å². The predicted octanol–water partition coefficient (Wildman–Crippen LogP) is 2.91. The number of thioether (sulfide) groups is 1. The number of ether oxygens (including phenoxy) is 1. The third-order valence-corrected chi connectivity index (χ3v) is 5.71. The van der Waals surface area contributed by atoms with Crippen molar-refractivity contribution in [3.05, 3.63) is 24.2 Å². The zero-order chi connectivity index (χ0) is 14.1.